The van der Waals surface area contributed by atoms with Crippen LogP contribution in [-0.2, 0) is 28.3 Å². The van der Waals surface area contributed by atoms with Crippen LogP contribution in [0.2, 0.25) is 0 Å². The van der Waals surface area contributed by atoms with Crippen molar-refractivity contribution < 1.29 is 24.9 Å². The number of fused-ring (bicyclic) bond motifs is 5. The van der Waals surface area contributed by atoms with E-state index in [0.717, 1.165) is 0 Å². The van der Waals surface area contributed by atoms with Gasteiger partial charge in [0.15, 0.2) is 11.8 Å². The Morgan fingerprint density at radius 1 is 1.28 bits per heavy atom. The zero-order valence-electron chi connectivity index (χ0n) is 17.9. The number of aliphatic hydroxyl groups excluding tert-OH is 1. The number of ether oxygens (including phenoxy) is 1. The Kier molecular flexibility index (Phi) is 4.42. The summed E-state index contributed by atoms with van der Waals surface area (Å²) < 4.78 is 6.27. The number of esters is 1. The molecule has 166 valence electrons. The molecule has 2 atom stereocenters. The minimum absolute atomic E-state index is 0.0372. The topological polar surface area (TPSA) is 125 Å². The fourth-order valence-corrected chi connectivity index (χ4v) is 4.63. The molecule has 4 heterocycles. The molecule has 0 spiro atoms. The smallest absolute Gasteiger partial charge is 0.343 e. The molecule has 3 N–H and O–H groups in total. The van der Waals surface area contributed by atoms with Gasteiger partial charge < -0.3 is 25.0 Å². The van der Waals surface area contributed by atoms with Gasteiger partial charge >= 0.3 is 5.97 Å². The summed E-state index contributed by atoms with van der Waals surface area (Å²) in [5.74, 6) is -0.680. The van der Waals surface area contributed by atoms with Crippen molar-refractivity contribution in [1.82, 2.24) is 14.5 Å². The minimum Gasteiger partial charge on any atom is -0.508 e. The second-order valence-electron chi connectivity index (χ2n) is 8.55. The van der Waals surface area contributed by atoms with Gasteiger partial charge in [0.2, 0.25) is 0 Å². The average Bonchev–Trinajstić information content (AvgIpc) is 3.03. The van der Waals surface area contributed by atoms with Gasteiger partial charge in [-0.3, -0.25) is 9.36 Å². The van der Waals surface area contributed by atoms with E-state index < -0.39 is 23.4 Å². The first kappa shape index (κ1) is 20.6. The molecule has 2 aliphatic heterocycles. The quantitative estimate of drug-likeness (QED) is 0.524. The Balaban J connectivity index is 1.79. The van der Waals surface area contributed by atoms with Gasteiger partial charge in [-0.25, -0.2) is 9.78 Å². The van der Waals surface area contributed by atoms with Crippen molar-refractivity contribution in [2.24, 2.45) is 0 Å². The highest BCUT2D eigenvalue weighted by molar-refractivity contribution is 5.89. The van der Waals surface area contributed by atoms with Crippen LogP contribution < -0.4 is 5.56 Å². The van der Waals surface area contributed by atoms with Crippen LogP contribution in [0.5, 0.6) is 5.75 Å². The van der Waals surface area contributed by atoms with Crippen LogP contribution >= 0.6 is 0 Å². The minimum atomic E-state index is -1.93. The Morgan fingerprint density at radius 2 is 2.03 bits per heavy atom. The normalized spacial score (nSPS) is 21.4. The molecular formula is C23H23N3O6. The third-order valence-corrected chi connectivity index (χ3v) is 6.34. The van der Waals surface area contributed by atoms with E-state index in [-0.39, 0.29) is 29.9 Å². The van der Waals surface area contributed by atoms with Gasteiger partial charge in [-0.15, -0.1) is 0 Å². The summed E-state index contributed by atoms with van der Waals surface area (Å²) in [6.45, 7) is 1.83. The van der Waals surface area contributed by atoms with Crippen molar-refractivity contribution >= 4 is 16.9 Å². The molecule has 2 aromatic heterocycles. The fraction of sp³-hybridized carbons (Fsp3) is 0.348. The molecule has 2 aliphatic rings. The third-order valence-electron chi connectivity index (χ3n) is 6.34. The van der Waals surface area contributed by atoms with E-state index in [9.17, 15) is 24.9 Å². The van der Waals surface area contributed by atoms with Gasteiger partial charge in [0.1, 0.15) is 12.4 Å². The Bertz CT molecular complexity index is 1360. The molecule has 0 radical (unpaired) electrons. The number of cyclic esters (lactones) is 1. The number of aromatic nitrogens is 2. The average molecular weight is 437 g/mol. The van der Waals surface area contributed by atoms with Crippen molar-refractivity contribution in [2.45, 2.75) is 38.3 Å². The van der Waals surface area contributed by atoms with Crippen molar-refractivity contribution in [1.29, 1.82) is 0 Å². The number of nitrogens with zero attached hydrogens (tertiary/aromatic N) is 3. The van der Waals surface area contributed by atoms with E-state index in [1.54, 1.807) is 31.2 Å². The van der Waals surface area contributed by atoms with Crippen molar-refractivity contribution in [3.05, 3.63) is 56.9 Å². The number of phenols is 1. The number of pyridine rings is 2. The lowest BCUT2D eigenvalue weighted by molar-refractivity contribution is -0.172. The predicted octanol–water partition coefficient (Wildman–Crippen LogP) is 1.34. The van der Waals surface area contributed by atoms with Gasteiger partial charge in [0.25, 0.3) is 5.56 Å². The zero-order valence-corrected chi connectivity index (χ0v) is 17.9. The fourth-order valence-electron chi connectivity index (χ4n) is 4.63. The van der Waals surface area contributed by atoms with Crippen LogP contribution in [0.1, 0.15) is 41.8 Å². The molecule has 0 unspecified atom stereocenters. The highest BCUT2D eigenvalue weighted by Crippen LogP contribution is 2.42. The van der Waals surface area contributed by atoms with E-state index in [2.05, 4.69) is 0 Å². The summed E-state index contributed by atoms with van der Waals surface area (Å²) >= 11 is 0. The number of phenolic OH excluding ortho intramolecular Hbond substituents is 1. The maximum atomic E-state index is 13.3. The lowest BCUT2D eigenvalue weighted by Gasteiger charge is -2.31. The lowest BCUT2D eigenvalue weighted by atomic mass is 9.86. The lowest BCUT2D eigenvalue weighted by Crippen LogP contribution is -2.44. The van der Waals surface area contributed by atoms with Crippen molar-refractivity contribution in [2.75, 3.05) is 14.1 Å². The summed E-state index contributed by atoms with van der Waals surface area (Å²) in [5, 5.41) is 33.1. The molecule has 9 heteroatoms. The standard InChI is InChI=1S/C23H23N3O6/c1-4-23(31)15-8-17-19-12(20(28)26(17)21(29)14(15)10-32-22(23)30)7-11-13(9-25(2)3)18(27)6-5-16(11)24-19/h5-8,20,27-28,31H,4,9-10H2,1-3H3/t20-,23-/m0/s1. The molecule has 0 saturated heterocycles. The third kappa shape index (κ3) is 2.65. The number of aromatic hydroxyl groups is 1. The van der Waals surface area contributed by atoms with E-state index in [1.807, 2.05) is 19.0 Å². The monoisotopic (exact) mass is 437 g/mol. The molecule has 0 bridgehead atoms. The Hall–Kier alpha value is -3.27. The van der Waals surface area contributed by atoms with Crippen LogP contribution in [0, 0.1) is 0 Å². The largest absolute Gasteiger partial charge is 0.508 e. The molecular weight excluding hydrogens is 414 g/mol. The van der Waals surface area contributed by atoms with E-state index >= 15 is 0 Å². The van der Waals surface area contributed by atoms with Crippen LogP contribution in [0.4, 0.5) is 0 Å². The first-order chi connectivity index (χ1) is 15.2. The molecule has 32 heavy (non-hydrogen) atoms. The van der Waals surface area contributed by atoms with Gasteiger partial charge in [-0.2, -0.15) is 0 Å². The molecule has 3 aromatic rings. The SMILES string of the molecule is CC[C@@]1(O)C(=O)OCc2c1cc1n(c2=O)[C@@H](O)c2cc3c(CN(C)C)c(O)ccc3nc2-1. The molecule has 9 nitrogen and oxygen atoms in total. The van der Waals surface area contributed by atoms with E-state index in [0.29, 0.717) is 40.0 Å². The van der Waals surface area contributed by atoms with Crippen molar-refractivity contribution in [3.63, 3.8) is 0 Å². The predicted molar refractivity (Wildman–Crippen MR) is 115 cm³/mol. The van der Waals surface area contributed by atoms with E-state index in [1.165, 1.54) is 4.57 Å². The van der Waals surface area contributed by atoms with Crippen molar-refractivity contribution in [3.8, 4) is 17.1 Å². The molecule has 0 amide bonds. The van der Waals surface area contributed by atoms with Crippen LogP contribution in [-0.4, -0.2) is 49.8 Å². The molecule has 1 aromatic carbocycles. The van der Waals surface area contributed by atoms with Crippen LogP contribution in [0.15, 0.2) is 29.1 Å². The maximum Gasteiger partial charge on any atom is 0.343 e. The Morgan fingerprint density at radius 3 is 2.72 bits per heavy atom. The highest BCUT2D eigenvalue weighted by Gasteiger charge is 2.46. The van der Waals surface area contributed by atoms with Gasteiger partial charge in [0, 0.05) is 28.6 Å². The Labute approximate surface area is 183 Å². The number of carbonyl (C=O) groups is 1. The molecule has 5 rings (SSSR count). The number of hydrogen-bond acceptors (Lipinski definition) is 8. The summed E-state index contributed by atoms with van der Waals surface area (Å²) in [5.41, 5.74) is 0.237. The number of aliphatic hydroxyl groups is 2. The second-order valence-corrected chi connectivity index (χ2v) is 8.55. The molecule has 0 fully saturated rings. The second kappa shape index (κ2) is 6.86. The molecule has 0 saturated carbocycles. The van der Waals surface area contributed by atoms with Gasteiger partial charge in [-0.05, 0) is 44.8 Å². The number of carbonyl (C=O) groups excluding carboxylic acids is 1. The summed E-state index contributed by atoms with van der Waals surface area (Å²) in [4.78, 5) is 32.2. The first-order valence-electron chi connectivity index (χ1n) is 10.3. The van der Waals surface area contributed by atoms with Gasteiger partial charge in [-0.1, -0.05) is 6.92 Å². The van der Waals surface area contributed by atoms with Crippen LogP contribution in [0.3, 0.4) is 0 Å². The number of rotatable bonds is 3. The summed E-state index contributed by atoms with van der Waals surface area (Å²) in [6.07, 6.45) is -1.26. The first-order valence-corrected chi connectivity index (χ1v) is 10.3. The highest BCUT2D eigenvalue weighted by atomic mass is 16.6. The van der Waals surface area contributed by atoms with Gasteiger partial charge in [0.05, 0.1) is 22.5 Å². The summed E-state index contributed by atoms with van der Waals surface area (Å²) in [7, 11) is 3.76. The number of benzene rings is 1. The number of hydrogen-bond donors (Lipinski definition) is 3. The maximum absolute atomic E-state index is 13.3. The zero-order chi connectivity index (χ0) is 22.9. The van der Waals surface area contributed by atoms with E-state index in [4.69, 9.17) is 9.72 Å². The molecule has 0 aliphatic carbocycles. The summed E-state index contributed by atoms with van der Waals surface area (Å²) in [6, 6.07) is 6.53. The van der Waals surface area contributed by atoms with Crippen LogP contribution in [0.25, 0.3) is 22.3 Å².